The van der Waals surface area contributed by atoms with E-state index in [-0.39, 0.29) is 54.6 Å². The molecule has 1 aliphatic rings. The zero-order valence-corrected chi connectivity index (χ0v) is 24.8. The Balaban J connectivity index is 1.53. The van der Waals surface area contributed by atoms with Gasteiger partial charge in [0.15, 0.2) is 5.78 Å². The lowest BCUT2D eigenvalue weighted by Crippen LogP contribution is -2.56. The Morgan fingerprint density at radius 1 is 0.932 bits per heavy atom. The summed E-state index contributed by atoms with van der Waals surface area (Å²) in [7, 11) is 0. The minimum Gasteiger partial charge on any atom is -0.342 e. The quantitative estimate of drug-likeness (QED) is 0.254. The first kappa shape index (κ1) is 33.0. The van der Waals surface area contributed by atoms with Crippen LogP contribution in [0.1, 0.15) is 46.3 Å². The van der Waals surface area contributed by atoms with Crippen molar-refractivity contribution in [3.63, 3.8) is 0 Å². The third-order valence-electron chi connectivity index (χ3n) is 7.25. The first-order chi connectivity index (χ1) is 20.9. The lowest BCUT2D eigenvalue weighted by Gasteiger charge is -2.36. The van der Waals surface area contributed by atoms with Crippen LogP contribution in [0, 0.1) is 0 Å². The first-order valence-electron chi connectivity index (χ1n) is 13.7. The number of benzene rings is 3. The summed E-state index contributed by atoms with van der Waals surface area (Å²) in [6.45, 7) is 0.0161. The molecule has 0 saturated heterocycles. The summed E-state index contributed by atoms with van der Waals surface area (Å²) in [6.07, 6.45) is -5.06. The summed E-state index contributed by atoms with van der Waals surface area (Å²) in [4.78, 5) is 54.2. The number of nitrogens with two attached hydrogens (primary N) is 1. The van der Waals surface area contributed by atoms with Gasteiger partial charge in [0.1, 0.15) is 12.1 Å². The smallest absolute Gasteiger partial charge is 0.342 e. The average molecular weight is 649 g/mol. The van der Waals surface area contributed by atoms with Crippen LogP contribution in [0.25, 0.3) is 0 Å². The largest absolute Gasteiger partial charge is 0.418 e. The summed E-state index contributed by atoms with van der Waals surface area (Å²) in [6, 6.07) is 14.9. The maximum absolute atomic E-state index is 13.7. The Labute approximate surface area is 261 Å². The van der Waals surface area contributed by atoms with Gasteiger partial charge in [-0.3, -0.25) is 19.2 Å². The highest BCUT2D eigenvalue weighted by atomic mass is 35.5. The average Bonchev–Trinajstić information content (AvgIpc) is 3.00. The number of hydrogen-bond donors (Lipinski definition) is 3. The van der Waals surface area contributed by atoms with Gasteiger partial charge >= 0.3 is 6.18 Å². The molecule has 0 bridgehead atoms. The molecule has 13 heteroatoms. The molecule has 0 fully saturated rings. The van der Waals surface area contributed by atoms with Crippen LogP contribution in [-0.4, -0.2) is 47.0 Å². The number of anilines is 1. The first-order valence-corrected chi connectivity index (χ1v) is 14.5. The number of nitrogens with one attached hydrogen (secondary N) is 2. The number of hydrogen-bond acceptors (Lipinski definition) is 5. The van der Waals surface area contributed by atoms with E-state index >= 15 is 0 Å². The molecular weight excluding hydrogens is 620 g/mol. The second-order valence-electron chi connectivity index (χ2n) is 10.2. The number of alkyl halides is 3. The Bertz CT molecular complexity index is 1550. The van der Waals surface area contributed by atoms with Crippen molar-refractivity contribution < 1.29 is 32.3 Å². The van der Waals surface area contributed by atoms with E-state index in [0.717, 1.165) is 17.2 Å². The lowest BCUT2D eigenvalue weighted by molar-refractivity contribution is -0.142. The molecule has 0 spiro atoms. The highest BCUT2D eigenvalue weighted by Gasteiger charge is 2.38. The van der Waals surface area contributed by atoms with E-state index in [1.165, 1.54) is 4.90 Å². The Morgan fingerprint density at radius 2 is 1.57 bits per heavy atom. The molecule has 4 N–H and O–H groups in total. The third kappa shape index (κ3) is 7.96. The van der Waals surface area contributed by atoms with Gasteiger partial charge in [-0.2, -0.15) is 13.2 Å². The Kier molecular flexibility index (Phi) is 10.7. The fourth-order valence-corrected chi connectivity index (χ4v) is 5.29. The SMILES string of the molecule is NCC[C@H](NC(=O)[C@@H]1Cc2ccccc2CN1C(=O)CCC(=O)c1ccccc1)C(=O)Nc1cc(Cl)c(Cl)cc1C(F)(F)F. The molecule has 232 valence electrons. The predicted molar refractivity (Wildman–Crippen MR) is 160 cm³/mol. The van der Waals surface area contributed by atoms with Crippen LogP contribution in [0.3, 0.4) is 0 Å². The number of halogens is 5. The standard InChI is InChI=1S/C31H29Cl2F3N4O4/c32-22-15-21(31(34,35)36)25(16-23(22)33)39-29(43)24(12-13-37)38-30(44)26-14-19-8-4-5-9-20(19)17-40(26)28(42)11-10-27(41)18-6-2-1-3-7-18/h1-9,15-16,24,26H,10-14,17,37H2,(H,38,44)(H,39,43)/t24-,26-/m0/s1. The number of carbonyl (C=O) groups excluding carboxylic acids is 4. The van der Waals surface area contributed by atoms with Gasteiger partial charge in [-0.15, -0.1) is 0 Å². The highest BCUT2D eigenvalue weighted by molar-refractivity contribution is 6.42. The molecular formula is C31H29Cl2F3N4O4. The summed E-state index contributed by atoms with van der Waals surface area (Å²) in [5.41, 5.74) is 5.92. The molecule has 2 atom stereocenters. The van der Waals surface area contributed by atoms with Gasteiger partial charge in [0.05, 0.1) is 21.3 Å². The molecule has 0 radical (unpaired) electrons. The summed E-state index contributed by atoms with van der Waals surface area (Å²) >= 11 is 11.7. The normalized spacial score (nSPS) is 15.2. The molecule has 3 aromatic carbocycles. The molecule has 4 rings (SSSR count). The summed E-state index contributed by atoms with van der Waals surface area (Å²) in [5, 5.41) is 4.19. The van der Waals surface area contributed by atoms with Crippen molar-refractivity contribution in [2.45, 2.75) is 50.5 Å². The van der Waals surface area contributed by atoms with E-state index in [0.29, 0.717) is 11.6 Å². The second-order valence-corrected chi connectivity index (χ2v) is 11.1. The van der Waals surface area contributed by atoms with E-state index in [4.69, 9.17) is 28.9 Å². The number of amides is 3. The lowest BCUT2D eigenvalue weighted by atomic mass is 9.92. The molecule has 0 aliphatic carbocycles. The van der Waals surface area contributed by atoms with Crippen molar-refractivity contribution in [1.82, 2.24) is 10.2 Å². The fraction of sp³-hybridized carbons (Fsp3) is 0.290. The minimum atomic E-state index is -4.86. The Morgan fingerprint density at radius 3 is 2.23 bits per heavy atom. The Hall–Kier alpha value is -3.93. The zero-order valence-electron chi connectivity index (χ0n) is 23.3. The number of fused-ring (bicyclic) bond motifs is 1. The van der Waals surface area contributed by atoms with Crippen LogP contribution in [0.5, 0.6) is 0 Å². The van der Waals surface area contributed by atoms with Crippen LogP contribution in [0.2, 0.25) is 10.0 Å². The number of Topliss-reactive ketones (excluding diaryl/α,β-unsaturated/α-hetero) is 1. The van der Waals surface area contributed by atoms with Crippen LogP contribution in [0.15, 0.2) is 66.7 Å². The maximum Gasteiger partial charge on any atom is 0.418 e. The van der Waals surface area contributed by atoms with E-state index < -0.39 is 47.2 Å². The van der Waals surface area contributed by atoms with E-state index in [1.807, 2.05) is 12.1 Å². The summed E-state index contributed by atoms with van der Waals surface area (Å²) in [5.74, 6) is -2.32. The molecule has 1 aliphatic heterocycles. The zero-order chi connectivity index (χ0) is 32.0. The van der Waals surface area contributed by atoms with Crippen molar-refractivity contribution in [3.8, 4) is 0 Å². The minimum absolute atomic E-state index is 0.0707. The van der Waals surface area contributed by atoms with Crippen molar-refractivity contribution in [1.29, 1.82) is 0 Å². The molecule has 0 unspecified atom stereocenters. The monoisotopic (exact) mass is 648 g/mol. The van der Waals surface area contributed by atoms with Gasteiger partial charge in [0.25, 0.3) is 0 Å². The molecule has 44 heavy (non-hydrogen) atoms. The van der Waals surface area contributed by atoms with Crippen LogP contribution in [-0.2, 0) is 33.5 Å². The van der Waals surface area contributed by atoms with E-state index in [2.05, 4.69) is 10.6 Å². The second kappa shape index (κ2) is 14.2. The van der Waals surface area contributed by atoms with Crippen LogP contribution < -0.4 is 16.4 Å². The topological polar surface area (TPSA) is 122 Å². The molecule has 0 aromatic heterocycles. The fourth-order valence-electron chi connectivity index (χ4n) is 4.96. The van der Waals surface area contributed by atoms with Gasteiger partial charge < -0.3 is 21.3 Å². The number of nitrogens with zero attached hydrogens (tertiary/aromatic N) is 1. The van der Waals surface area contributed by atoms with Crippen molar-refractivity contribution >= 4 is 52.4 Å². The maximum atomic E-state index is 13.7. The molecule has 8 nitrogen and oxygen atoms in total. The van der Waals surface area contributed by atoms with Crippen molar-refractivity contribution in [2.24, 2.45) is 5.73 Å². The third-order valence-corrected chi connectivity index (χ3v) is 7.97. The van der Waals surface area contributed by atoms with Gasteiger partial charge in [-0.1, -0.05) is 77.8 Å². The van der Waals surface area contributed by atoms with Gasteiger partial charge in [-0.25, -0.2) is 0 Å². The van der Waals surface area contributed by atoms with Gasteiger partial charge in [-0.05, 0) is 36.2 Å². The number of rotatable bonds is 10. The highest BCUT2D eigenvalue weighted by Crippen LogP contribution is 2.39. The van der Waals surface area contributed by atoms with Crippen molar-refractivity contribution in [3.05, 3.63) is 99.0 Å². The molecule has 0 saturated carbocycles. The van der Waals surface area contributed by atoms with Gasteiger partial charge in [0, 0.05) is 31.4 Å². The van der Waals surface area contributed by atoms with E-state index in [9.17, 15) is 32.3 Å². The molecule has 3 amide bonds. The number of ketones is 1. The van der Waals surface area contributed by atoms with Crippen molar-refractivity contribution in [2.75, 3.05) is 11.9 Å². The van der Waals surface area contributed by atoms with Gasteiger partial charge in [0.2, 0.25) is 17.7 Å². The predicted octanol–water partition coefficient (Wildman–Crippen LogP) is 5.40. The summed E-state index contributed by atoms with van der Waals surface area (Å²) < 4.78 is 41.0. The number of carbonyl (C=O) groups is 4. The van der Waals surface area contributed by atoms with Crippen LogP contribution in [0.4, 0.5) is 18.9 Å². The molecule has 1 heterocycles. The molecule has 3 aromatic rings. The van der Waals surface area contributed by atoms with Crippen LogP contribution >= 0.6 is 23.2 Å². The van der Waals surface area contributed by atoms with E-state index in [1.54, 1.807) is 42.5 Å².